The highest BCUT2D eigenvalue weighted by atomic mass is 19.1. The summed E-state index contributed by atoms with van der Waals surface area (Å²) in [4.78, 5) is 50.2. The van der Waals surface area contributed by atoms with E-state index >= 15 is 0 Å². The summed E-state index contributed by atoms with van der Waals surface area (Å²) in [6.07, 6.45) is 4.15. The molecule has 2 atom stereocenters. The van der Waals surface area contributed by atoms with Crippen LogP contribution in [-0.4, -0.2) is 82.1 Å². The number of pyridine rings is 2. The molecule has 0 unspecified atom stereocenters. The second-order valence-electron chi connectivity index (χ2n) is 12.6. The molecule has 2 aliphatic heterocycles. The Balaban J connectivity index is 1.30. The first-order valence-corrected chi connectivity index (χ1v) is 16.5. The molecule has 1 N–H and O–H groups in total. The molecule has 3 aromatic heterocycles. The van der Waals surface area contributed by atoms with Crippen LogP contribution < -0.4 is 10.9 Å². The maximum atomic E-state index is 14.1. The predicted octanol–water partition coefficient (Wildman–Crippen LogP) is 3.74. The number of aryl methyl sites for hydroxylation is 1. The summed E-state index contributed by atoms with van der Waals surface area (Å²) in [5, 5.41) is 9.69. The van der Waals surface area contributed by atoms with Crippen LogP contribution >= 0.6 is 0 Å². The third kappa shape index (κ3) is 7.86. The zero-order valence-corrected chi connectivity index (χ0v) is 27.9. The topological polar surface area (TPSA) is 130 Å². The summed E-state index contributed by atoms with van der Waals surface area (Å²) in [7, 11) is 3.22. The number of halogens is 1. The zero-order chi connectivity index (χ0) is 34.5. The van der Waals surface area contributed by atoms with Gasteiger partial charge in [-0.1, -0.05) is 18.2 Å². The Kier molecular flexibility index (Phi) is 10.7. The SMILES string of the molecule is COCCN1C[C@@H](CC(=O)Cc2c(C)c(-c3cc(C(=O)NC4CCOCC4)c(=O)n(C)c3)nn2-c2ccccc2)[C@H](c2ccnc(F)c2)O1. The summed E-state index contributed by atoms with van der Waals surface area (Å²) >= 11 is 0. The Labute approximate surface area is 283 Å². The maximum Gasteiger partial charge on any atom is 0.263 e. The third-order valence-electron chi connectivity index (χ3n) is 9.11. The number of amides is 1. The molecule has 49 heavy (non-hydrogen) atoms. The fourth-order valence-corrected chi connectivity index (χ4v) is 6.54. The molecule has 4 aromatic rings. The Bertz CT molecular complexity index is 1850. The molecule has 12 nitrogen and oxygen atoms in total. The number of Topliss-reactive ketones (excluding diaryl/α,β-unsaturated/α-hetero) is 1. The Morgan fingerprint density at radius 3 is 2.63 bits per heavy atom. The van der Waals surface area contributed by atoms with Crippen molar-refractivity contribution < 1.29 is 28.3 Å². The van der Waals surface area contributed by atoms with Gasteiger partial charge in [-0.05, 0) is 61.2 Å². The van der Waals surface area contributed by atoms with Crippen molar-refractivity contribution in [3.05, 3.63) is 99.6 Å². The highest BCUT2D eigenvalue weighted by Crippen LogP contribution is 2.37. The van der Waals surface area contributed by atoms with Crippen molar-refractivity contribution in [1.82, 2.24) is 29.7 Å². The summed E-state index contributed by atoms with van der Waals surface area (Å²) in [5.74, 6) is -1.32. The van der Waals surface area contributed by atoms with Gasteiger partial charge in [0.2, 0.25) is 5.95 Å². The minimum atomic E-state index is -0.612. The molecule has 0 bridgehead atoms. The molecule has 0 aliphatic carbocycles. The number of nitrogens with one attached hydrogen (secondary N) is 1. The number of benzene rings is 1. The number of carbonyl (C=O) groups is 2. The molecule has 13 heteroatoms. The van der Waals surface area contributed by atoms with Gasteiger partial charge in [0.15, 0.2) is 0 Å². The van der Waals surface area contributed by atoms with Gasteiger partial charge in [-0.25, -0.2) is 9.67 Å². The van der Waals surface area contributed by atoms with Gasteiger partial charge in [0, 0.05) is 83.2 Å². The Hall–Kier alpha value is -4.56. The lowest BCUT2D eigenvalue weighted by Crippen LogP contribution is -2.41. The fourth-order valence-electron chi connectivity index (χ4n) is 6.54. The van der Waals surface area contributed by atoms with E-state index in [1.807, 2.05) is 37.3 Å². The van der Waals surface area contributed by atoms with Gasteiger partial charge in [-0.2, -0.15) is 14.6 Å². The van der Waals surface area contributed by atoms with Crippen molar-refractivity contribution in [2.45, 2.75) is 44.8 Å². The summed E-state index contributed by atoms with van der Waals surface area (Å²) in [6.45, 7) is 4.43. The maximum absolute atomic E-state index is 14.1. The number of nitrogens with zero attached hydrogens (tertiary/aromatic N) is 5. The van der Waals surface area contributed by atoms with Crippen LogP contribution in [0.3, 0.4) is 0 Å². The quantitative estimate of drug-likeness (QED) is 0.224. The first-order valence-electron chi connectivity index (χ1n) is 16.5. The number of rotatable bonds is 12. The number of methoxy groups -OCH3 is 1. The molecule has 0 radical (unpaired) electrons. The zero-order valence-electron chi connectivity index (χ0n) is 27.9. The normalized spacial score (nSPS) is 18.5. The van der Waals surface area contributed by atoms with Crippen LogP contribution in [0.2, 0.25) is 0 Å². The van der Waals surface area contributed by atoms with E-state index in [0.29, 0.717) is 68.3 Å². The first kappa shape index (κ1) is 34.3. The van der Waals surface area contributed by atoms with Crippen molar-refractivity contribution in [2.75, 3.05) is 40.0 Å². The van der Waals surface area contributed by atoms with Gasteiger partial charge in [0.05, 0.1) is 23.7 Å². The van der Waals surface area contributed by atoms with Gasteiger partial charge in [0.1, 0.15) is 17.5 Å². The van der Waals surface area contributed by atoms with E-state index in [2.05, 4.69) is 10.3 Å². The van der Waals surface area contributed by atoms with Crippen molar-refractivity contribution in [2.24, 2.45) is 13.0 Å². The number of aromatic nitrogens is 4. The highest BCUT2D eigenvalue weighted by Gasteiger charge is 2.37. The van der Waals surface area contributed by atoms with Crippen molar-refractivity contribution in [1.29, 1.82) is 0 Å². The molecular formula is C36H41FN6O6. The second-order valence-corrected chi connectivity index (χ2v) is 12.6. The number of hydrogen-bond donors (Lipinski definition) is 1. The fraction of sp³-hybridized carbons (Fsp3) is 0.417. The number of para-hydroxylation sites is 1. The highest BCUT2D eigenvalue weighted by molar-refractivity contribution is 5.95. The van der Waals surface area contributed by atoms with E-state index in [1.54, 1.807) is 42.2 Å². The molecule has 258 valence electrons. The molecule has 2 aliphatic rings. The molecule has 2 fully saturated rings. The summed E-state index contributed by atoms with van der Waals surface area (Å²) in [6, 6.07) is 14.1. The molecule has 0 saturated carbocycles. The van der Waals surface area contributed by atoms with Crippen LogP contribution in [0.4, 0.5) is 4.39 Å². The molecule has 6 rings (SSSR count). The number of ether oxygens (including phenoxy) is 2. The summed E-state index contributed by atoms with van der Waals surface area (Å²) in [5.41, 5.74) is 3.58. The van der Waals surface area contributed by atoms with E-state index < -0.39 is 23.5 Å². The minimum absolute atomic E-state index is 0.0237. The van der Waals surface area contributed by atoms with Crippen LogP contribution in [-0.2, 0) is 32.6 Å². The second kappa shape index (κ2) is 15.3. The average molecular weight is 673 g/mol. The third-order valence-corrected chi connectivity index (χ3v) is 9.11. The van der Waals surface area contributed by atoms with Gasteiger partial charge in [0.25, 0.3) is 11.5 Å². The van der Waals surface area contributed by atoms with Crippen LogP contribution in [0.5, 0.6) is 0 Å². The number of hydrogen-bond acceptors (Lipinski definition) is 9. The average Bonchev–Trinajstić information content (AvgIpc) is 3.65. The lowest BCUT2D eigenvalue weighted by atomic mass is 9.91. The van der Waals surface area contributed by atoms with Gasteiger partial charge < -0.3 is 19.4 Å². The van der Waals surface area contributed by atoms with Crippen molar-refractivity contribution in [3.8, 4) is 16.9 Å². The van der Waals surface area contributed by atoms with E-state index in [-0.39, 0.29) is 36.1 Å². The molecular weight excluding hydrogens is 631 g/mol. The smallest absolute Gasteiger partial charge is 0.263 e. The van der Waals surface area contributed by atoms with Gasteiger partial charge in [-0.15, -0.1) is 0 Å². The van der Waals surface area contributed by atoms with Crippen LogP contribution in [0.25, 0.3) is 16.9 Å². The molecule has 0 spiro atoms. The number of hydroxylamine groups is 2. The van der Waals surface area contributed by atoms with E-state index in [0.717, 1.165) is 11.3 Å². The van der Waals surface area contributed by atoms with E-state index in [4.69, 9.17) is 19.4 Å². The lowest BCUT2D eigenvalue weighted by molar-refractivity contribution is -0.155. The Morgan fingerprint density at radius 1 is 1.12 bits per heavy atom. The largest absolute Gasteiger partial charge is 0.383 e. The van der Waals surface area contributed by atoms with Crippen LogP contribution in [0, 0.1) is 18.8 Å². The van der Waals surface area contributed by atoms with Crippen LogP contribution in [0.15, 0.2) is 65.7 Å². The predicted molar refractivity (Wildman–Crippen MR) is 179 cm³/mol. The minimum Gasteiger partial charge on any atom is -0.383 e. The van der Waals surface area contributed by atoms with E-state index in [1.165, 1.54) is 16.8 Å². The Morgan fingerprint density at radius 2 is 1.90 bits per heavy atom. The molecule has 1 aromatic carbocycles. The number of carbonyl (C=O) groups excluding carboxylic acids is 2. The molecule has 5 heterocycles. The van der Waals surface area contributed by atoms with Gasteiger partial charge in [-0.3, -0.25) is 19.2 Å². The van der Waals surface area contributed by atoms with E-state index in [9.17, 15) is 18.8 Å². The first-order chi connectivity index (χ1) is 23.7. The van der Waals surface area contributed by atoms with Crippen LogP contribution in [0.1, 0.15) is 52.5 Å². The molecule has 2 saturated heterocycles. The lowest BCUT2D eigenvalue weighted by Gasteiger charge is -2.23. The van der Waals surface area contributed by atoms with Gasteiger partial charge >= 0.3 is 0 Å². The van der Waals surface area contributed by atoms with Crippen molar-refractivity contribution >= 4 is 11.7 Å². The van der Waals surface area contributed by atoms with Crippen molar-refractivity contribution in [3.63, 3.8) is 0 Å². The number of ketones is 1. The monoisotopic (exact) mass is 672 g/mol. The standard InChI is InChI=1S/C36H41FN6O6/c1-23-31(20-29(44)17-26-22-42(13-16-47-3)49-34(26)24-9-12-38-32(37)19-24)43(28-7-5-4-6-8-28)40-33(23)25-18-30(36(46)41(2)21-25)35(45)39-27-10-14-48-15-11-27/h4-9,12,18-19,21,26-27,34H,10-11,13-17,20,22H2,1-3H3,(H,39,45)/t26-,34+/m1/s1. The summed E-state index contributed by atoms with van der Waals surface area (Å²) < 4.78 is 27.8. The molecule has 1 amide bonds.